The summed E-state index contributed by atoms with van der Waals surface area (Å²) in [6, 6.07) is 5.76. The molecule has 5 rings (SSSR count). The summed E-state index contributed by atoms with van der Waals surface area (Å²) in [5.41, 5.74) is -0.614. The first kappa shape index (κ1) is 22.2. The number of piperidine rings is 1. The van der Waals surface area contributed by atoms with Crippen LogP contribution in [0.15, 0.2) is 24.3 Å². The van der Waals surface area contributed by atoms with E-state index in [9.17, 15) is 26.7 Å². The van der Waals surface area contributed by atoms with E-state index in [0.29, 0.717) is 54.2 Å². The van der Waals surface area contributed by atoms with Crippen LogP contribution >= 0.6 is 0 Å². The molecule has 2 N–H and O–H groups in total. The molecule has 13 heteroatoms. The van der Waals surface area contributed by atoms with Crippen molar-refractivity contribution < 1.29 is 35.9 Å². The number of nitrogens with zero attached hydrogens (tertiary/aromatic N) is 2. The van der Waals surface area contributed by atoms with Crippen LogP contribution in [0.4, 0.5) is 10.1 Å². The average molecular weight is 500 g/mol. The standard InChI is InChI=1S/C20H22FN3O7S2/c21-19-16-10-14(31-13-5-7-23(8-6-13)32(27,28)15-3-4-15)2-1-12(16)9-17(25)20(19)24-11-18(26)22-33(24,29)30/h1-2,9-10,13,15,25H,3-8,11H2,(H,22,26). The molecule has 2 aromatic carbocycles. The number of carbonyl (C=O) groups is 1. The SMILES string of the molecule is O=C1CN(c2c(O)cc3ccc(OC4CCN(S(=O)(=O)C5CC5)CC4)cc3c2F)S(=O)(=O)N1. The number of carbonyl (C=O) groups excluding carboxylic acids is 1. The first-order valence-electron chi connectivity index (χ1n) is 10.5. The topological polar surface area (TPSA) is 133 Å². The molecule has 0 atom stereocenters. The van der Waals surface area contributed by atoms with E-state index < -0.39 is 49.9 Å². The third kappa shape index (κ3) is 3.97. The molecule has 1 amide bonds. The largest absolute Gasteiger partial charge is 0.506 e. The minimum Gasteiger partial charge on any atom is -0.506 e. The molecule has 33 heavy (non-hydrogen) atoms. The van der Waals surface area contributed by atoms with Gasteiger partial charge in [0.2, 0.25) is 10.0 Å². The number of phenols is 1. The summed E-state index contributed by atoms with van der Waals surface area (Å²) in [4.78, 5) is 11.5. The molecular formula is C20H22FN3O7S2. The van der Waals surface area contributed by atoms with E-state index in [1.165, 1.54) is 22.5 Å². The number of halogens is 1. The van der Waals surface area contributed by atoms with E-state index in [1.54, 1.807) is 10.8 Å². The second-order valence-electron chi connectivity index (χ2n) is 8.44. The molecule has 2 aliphatic heterocycles. The van der Waals surface area contributed by atoms with E-state index in [1.807, 2.05) is 0 Å². The molecule has 178 valence electrons. The molecule has 3 fully saturated rings. The van der Waals surface area contributed by atoms with Gasteiger partial charge >= 0.3 is 10.2 Å². The van der Waals surface area contributed by atoms with Gasteiger partial charge in [0.25, 0.3) is 5.91 Å². The second-order valence-corrected chi connectivity index (χ2v) is 12.2. The first-order chi connectivity index (χ1) is 15.6. The first-order valence-corrected chi connectivity index (χ1v) is 13.4. The number of aromatic hydroxyl groups is 1. The molecule has 0 unspecified atom stereocenters. The maximum atomic E-state index is 15.3. The van der Waals surface area contributed by atoms with Gasteiger partial charge in [0.1, 0.15) is 29.8 Å². The van der Waals surface area contributed by atoms with Crippen LogP contribution < -0.4 is 13.8 Å². The lowest BCUT2D eigenvalue weighted by Gasteiger charge is -2.31. The van der Waals surface area contributed by atoms with Crippen molar-refractivity contribution in [3.05, 3.63) is 30.1 Å². The molecular weight excluding hydrogens is 477 g/mol. The number of rotatable bonds is 5. The summed E-state index contributed by atoms with van der Waals surface area (Å²) >= 11 is 0. The molecule has 1 aliphatic carbocycles. The summed E-state index contributed by atoms with van der Waals surface area (Å²) in [7, 11) is -7.53. The number of hydrogen-bond acceptors (Lipinski definition) is 7. The lowest BCUT2D eigenvalue weighted by atomic mass is 10.1. The van der Waals surface area contributed by atoms with Crippen LogP contribution in [0.25, 0.3) is 10.8 Å². The van der Waals surface area contributed by atoms with Crippen molar-refractivity contribution in [2.45, 2.75) is 37.0 Å². The van der Waals surface area contributed by atoms with Gasteiger partial charge in [-0.3, -0.25) is 4.79 Å². The predicted molar refractivity (Wildman–Crippen MR) is 117 cm³/mol. The molecule has 0 aromatic heterocycles. The van der Waals surface area contributed by atoms with Crippen molar-refractivity contribution >= 4 is 42.6 Å². The quantitative estimate of drug-likeness (QED) is 0.632. The van der Waals surface area contributed by atoms with Gasteiger partial charge in [0.15, 0.2) is 5.82 Å². The van der Waals surface area contributed by atoms with Gasteiger partial charge < -0.3 is 9.84 Å². The Kier molecular flexibility index (Phi) is 5.18. The molecule has 2 saturated heterocycles. The molecule has 3 aliphatic rings. The number of sulfonamides is 1. The zero-order valence-corrected chi connectivity index (χ0v) is 19.0. The van der Waals surface area contributed by atoms with Gasteiger partial charge in [0, 0.05) is 18.5 Å². The lowest BCUT2D eigenvalue weighted by Crippen LogP contribution is -2.43. The molecule has 0 bridgehead atoms. The summed E-state index contributed by atoms with van der Waals surface area (Å²) in [6.07, 6.45) is 2.15. The Balaban J connectivity index is 1.38. The van der Waals surface area contributed by atoms with Gasteiger partial charge in [-0.1, -0.05) is 6.07 Å². The number of fused-ring (bicyclic) bond motifs is 1. The summed E-state index contributed by atoms with van der Waals surface area (Å²) < 4.78 is 74.1. The van der Waals surface area contributed by atoms with Gasteiger partial charge in [-0.15, -0.1) is 0 Å². The maximum Gasteiger partial charge on any atom is 0.326 e. The van der Waals surface area contributed by atoms with Crippen LogP contribution in [-0.4, -0.2) is 63.1 Å². The van der Waals surface area contributed by atoms with E-state index in [-0.39, 0.29) is 16.7 Å². The monoisotopic (exact) mass is 499 g/mol. The third-order valence-corrected chi connectivity index (χ3v) is 9.86. The van der Waals surface area contributed by atoms with Crippen LogP contribution in [0, 0.1) is 5.82 Å². The zero-order valence-electron chi connectivity index (χ0n) is 17.4. The van der Waals surface area contributed by atoms with E-state index in [0.717, 1.165) is 0 Å². The predicted octanol–water partition coefficient (Wildman–Crippen LogP) is 1.20. The number of ether oxygens (including phenoxy) is 1. The Labute approximate surface area is 190 Å². The number of benzene rings is 2. The van der Waals surface area contributed by atoms with Crippen molar-refractivity contribution in [2.24, 2.45) is 0 Å². The molecule has 10 nitrogen and oxygen atoms in total. The number of nitrogens with one attached hydrogen (secondary N) is 1. The van der Waals surface area contributed by atoms with E-state index in [4.69, 9.17) is 4.74 Å². The van der Waals surface area contributed by atoms with Gasteiger partial charge in [-0.05, 0) is 49.3 Å². The molecule has 2 heterocycles. The van der Waals surface area contributed by atoms with Gasteiger partial charge in [-0.25, -0.2) is 26.1 Å². The van der Waals surface area contributed by atoms with Crippen LogP contribution in [0.5, 0.6) is 11.5 Å². The average Bonchev–Trinajstić information content (AvgIpc) is 3.56. The number of phenolic OH excluding ortho intramolecular Hbond substituents is 1. The highest BCUT2D eigenvalue weighted by molar-refractivity contribution is 7.92. The number of hydrogen-bond donors (Lipinski definition) is 2. The van der Waals surface area contributed by atoms with Crippen molar-refractivity contribution in [1.29, 1.82) is 0 Å². The zero-order chi connectivity index (χ0) is 23.5. The van der Waals surface area contributed by atoms with Crippen LogP contribution in [-0.2, 0) is 25.0 Å². The van der Waals surface area contributed by atoms with E-state index in [2.05, 4.69) is 0 Å². The second kappa shape index (κ2) is 7.71. The Morgan fingerprint density at radius 1 is 1.12 bits per heavy atom. The van der Waals surface area contributed by atoms with Crippen molar-refractivity contribution in [1.82, 2.24) is 9.03 Å². The summed E-state index contributed by atoms with van der Waals surface area (Å²) in [5.74, 6) is -2.11. The molecule has 0 spiro atoms. The maximum absolute atomic E-state index is 15.3. The highest BCUT2D eigenvalue weighted by Gasteiger charge is 2.41. The van der Waals surface area contributed by atoms with Crippen LogP contribution in [0.2, 0.25) is 0 Å². The van der Waals surface area contributed by atoms with Crippen molar-refractivity contribution in [3.8, 4) is 11.5 Å². The number of amides is 1. The summed E-state index contributed by atoms with van der Waals surface area (Å²) in [5, 5.41) is 10.3. The van der Waals surface area contributed by atoms with E-state index >= 15 is 4.39 Å². The Hall–Kier alpha value is -2.64. The highest BCUT2D eigenvalue weighted by atomic mass is 32.2. The third-order valence-electron chi connectivity index (χ3n) is 6.08. The minimum atomic E-state index is -4.31. The number of anilines is 1. The minimum absolute atomic E-state index is 0.0172. The summed E-state index contributed by atoms with van der Waals surface area (Å²) in [6.45, 7) is 0.0749. The fraction of sp³-hybridized carbons (Fsp3) is 0.450. The molecule has 1 saturated carbocycles. The van der Waals surface area contributed by atoms with Crippen LogP contribution in [0.3, 0.4) is 0 Å². The normalized spacial score (nSPS) is 22.0. The fourth-order valence-corrected chi connectivity index (χ4v) is 7.27. The molecule has 2 aromatic rings. The Morgan fingerprint density at radius 2 is 1.82 bits per heavy atom. The van der Waals surface area contributed by atoms with Gasteiger partial charge in [-0.2, -0.15) is 8.42 Å². The molecule has 0 radical (unpaired) electrons. The highest BCUT2D eigenvalue weighted by Crippen LogP contribution is 2.39. The smallest absolute Gasteiger partial charge is 0.326 e. The van der Waals surface area contributed by atoms with Crippen LogP contribution in [0.1, 0.15) is 25.7 Å². The lowest BCUT2D eigenvalue weighted by molar-refractivity contribution is -0.117. The van der Waals surface area contributed by atoms with Crippen molar-refractivity contribution in [3.63, 3.8) is 0 Å². The fourth-order valence-electron chi connectivity index (χ4n) is 4.24. The Morgan fingerprint density at radius 3 is 2.42 bits per heavy atom. The van der Waals surface area contributed by atoms with Crippen molar-refractivity contribution in [2.75, 3.05) is 23.9 Å². The Bertz CT molecular complexity index is 1350. The van der Waals surface area contributed by atoms with Gasteiger partial charge in [0.05, 0.1) is 5.25 Å².